The Hall–Kier alpha value is -2.93. The molecule has 0 radical (unpaired) electrons. The standard InChI is InChI=1S/C19H19NO3/c1-3-23-18-14-16(11-12-17(18)22-2)19(21)20-13-7-10-15-8-5-4-6-9-15/h4-6,8-9,11-12,14H,3,13H2,1-2H3,(H,20,21). The van der Waals surface area contributed by atoms with Crippen molar-refractivity contribution < 1.29 is 14.3 Å². The third-order valence-electron chi connectivity index (χ3n) is 3.07. The molecule has 4 heteroatoms. The van der Waals surface area contributed by atoms with Gasteiger partial charge in [-0.15, -0.1) is 0 Å². The molecular formula is C19H19NO3. The Kier molecular flexibility index (Phi) is 6.07. The average molecular weight is 309 g/mol. The van der Waals surface area contributed by atoms with E-state index in [0.29, 0.717) is 23.7 Å². The number of methoxy groups -OCH3 is 1. The summed E-state index contributed by atoms with van der Waals surface area (Å²) in [6, 6.07) is 14.7. The molecule has 23 heavy (non-hydrogen) atoms. The predicted molar refractivity (Wildman–Crippen MR) is 89.8 cm³/mol. The van der Waals surface area contributed by atoms with E-state index in [4.69, 9.17) is 9.47 Å². The Bertz CT molecular complexity index is 714. The van der Waals surface area contributed by atoms with Crippen molar-refractivity contribution in [1.29, 1.82) is 0 Å². The van der Waals surface area contributed by atoms with Crippen molar-refractivity contribution in [1.82, 2.24) is 5.32 Å². The molecule has 0 heterocycles. The molecule has 2 rings (SSSR count). The lowest BCUT2D eigenvalue weighted by atomic mass is 10.2. The Morgan fingerprint density at radius 2 is 1.91 bits per heavy atom. The van der Waals surface area contributed by atoms with Crippen LogP contribution in [0.3, 0.4) is 0 Å². The van der Waals surface area contributed by atoms with Gasteiger partial charge in [0.25, 0.3) is 5.91 Å². The van der Waals surface area contributed by atoms with Gasteiger partial charge >= 0.3 is 0 Å². The highest BCUT2D eigenvalue weighted by molar-refractivity contribution is 5.95. The van der Waals surface area contributed by atoms with E-state index in [1.807, 2.05) is 37.3 Å². The summed E-state index contributed by atoms with van der Waals surface area (Å²) in [7, 11) is 1.57. The van der Waals surface area contributed by atoms with Crippen molar-refractivity contribution in [2.45, 2.75) is 6.92 Å². The molecule has 0 aliphatic rings. The smallest absolute Gasteiger partial charge is 0.252 e. The number of rotatable bonds is 5. The maximum atomic E-state index is 12.1. The van der Waals surface area contributed by atoms with Crippen LogP contribution in [0.5, 0.6) is 11.5 Å². The molecule has 0 aliphatic carbocycles. The van der Waals surface area contributed by atoms with Crippen LogP contribution in [0.1, 0.15) is 22.8 Å². The van der Waals surface area contributed by atoms with Gasteiger partial charge in [-0.05, 0) is 37.3 Å². The van der Waals surface area contributed by atoms with Gasteiger partial charge in [0.1, 0.15) is 0 Å². The second-order valence-corrected chi connectivity index (χ2v) is 4.65. The van der Waals surface area contributed by atoms with Crippen molar-refractivity contribution in [3.8, 4) is 23.3 Å². The molecule has 0 spiro atoms. The fourth-order valence-electron chi connectivity index (χ4n) is 1.98. The zero-order valence-electron chi connectivity index (χ0n) is 13.3. The number of hydrogen-bond acceptors (Lipinski definition) is 3. The van der Waals surface area contributed by atoms with Crippen LogP contribution in [-0.2, 0) is 0 Å². The van der Waals surface area contributed by atoms with E-state index < -0.39 is 0 Å². The molecule has 118 valence electrons. The highest BCUT2D eigenvalue weighted by Crippen LogP contribution is 2.27. The molecule has 0 saturated heterocycles. The van der Waals surface area contributed by atoms with Crippen molar-refractivity contribution in [3.63, 3.8) is 0 Å². The molecule has 4 nitrogen and oxygen atoms in total. The molecule has 2 aromatic rings. The highest BCUT2D eigenvalue weighted by atomic mass is 16.5. The Balaban J connectivity index is 1.98. The lowest BCUT2D eigenvalue weighted by Crippen LogP contribution is -2.23. The van der Waals surface area contributed by atoms with Crippen LogP contribution in [0.4, 0.5) is 0 Å². The number of nitrogens with one attached hydrogen (secondary N) is 1. The first kappa shape index (κ1) is 16.4. The summed E-state index contributed by atoms with van der Waals surface area (Å²) >= 11 is 0. The minimum atomic E-state index is -0.198. The number of carbonyl (C=O) groups excluding carboxylic acids is 1. The average Bonchev–Trinajstić information content (AvgIpc) is 2.59. The quantitative estimate of drug-likeness (QED) is 0.864. The molecule has 1 amide bonds. The van der Waals surface area contributed by atoms with Crippen LogP contribution in [0, 0.1) is 11.8 Å². The van der Waals surface area contributed by atoms with Gasteiger partial charge in [-0.1, -0.05) is 30.0 Å². The second-order valence-electron chi connectivity index (χ2n) is 4.65. The first-order chi connectivity index (χ1) is 11.2. The molecule has 0 aliphatic heterocycles. The van der Waals surface area contributed by atoms with E-state index in [9.17, 15) is 4.79 Å². The van der Waals surface area contributed by atoms with Gasteiger partial charge < -0.3 is 14.8 Å². The third kappa shape index (κ3) is 4.79. The zero-order chi connectivity index (χ0) is 16.5. The Morgan fingerprint density at radius 3 is 2.61 bits per heavy atom. The second kappa shape index (κ2) is 8.50. The molecule has 0 fully saturated rings. The minimum Gasteiger partial charge on any atom is -0.493 e. The van der Waals surface area contributed by atoms with Crippen molar-refractivity contribution in [3.05, 3.63) is 59.7 Å². The van der Waals surface area contributed by atoms with Crippen LogP contribution in [0.2, 0.25) is 0 Å². The minimum absolute atomic E-state index is 0.198. The van der Waals surface area contributed by atoms with E-state index in [1.165, 1.54) is 0 Å². The maximum Gasteiger partial charge on any atom is 0.252 e. The monoisotopic (exact) mass is 309 g/mol. The fourth-order valence-corrected chi connectivity index (χ4v) is 1.98. The van der Waals surface area contributed by atoms with Gasteiger partial charge in [0.05, 0.1) is 20.3 Å². The molecule has 0 bridgehead atoms. The van der Waals surface area contributed by atoms with E-state index in [-0.39, 0.29) is 12.5 Å². The lowest BCUT2D eigenvalue weighted by molar-refractivity contribution is 0.0958. The summed E-state index contributed by atoms with van der Waals surface area (Å²) in [5, 5.41) is 2.77. The normalized spacial score (nSPS) is 9.48. The number of ether oxygens (including phenoxy) is 2. The van der Waals surface area contributed by atoms with Gasteiger partial charge in [-0.2, -0.15) is 0 Å². The van der Waals surface area contributed by atoms with Crippen LogP contribution in [-0.4, -0.2) is 26.2 Å². The molecule has 0 atom stereocenters. The third-order valence-corrected chi connectivity index (χ3v) is 3.07. The van der Waals surface area contributed by atoms with E-state index in [2.05, 4.69) is 17.2 Å². The van der Waals surface area contributed by atoms with Gasteiger partial charge in [0.15, 0.2) is 11.5 Å². The van der Waals surface area contributed by atoms with Crippen LogP contribution >= 0.6 is 0 Å². The Labute approximate surface area is 136 Å². The first-order valence-electron chi connectivity index (χ1n) is 7.37. The number of amides is 1. The summed E-state index contributed by atoms with van der Waals surface area (Å²) < 4.78 is 10.7. The first-order valence-corrected chi connectivity index (χ1v) is 7.37. The summed E-state index contributed by atoms with van der Waals surface area (Å²) in [5.41, 5.74) is 1.43. The van der Waals surface area contributed by atoms with Gasteiger partial charge in [-0.25, -0.2) is 0 Å². The molecule has 0 unspecified atom stereocenters. The summed E-state index contributed by atoms with van der Waals surface area (Å²) in [6.07, 6.45) is 0. The Morgan fingerprint density at radius 1 is 1.13 bits per heavy atom. The highest BCUT2D eigenvalue weighted by Gasteiger charge is 2.10. The number of carbonyl (C=O) groups is 1. The largest absolute Gasteiger partial charge is 0.493 e. The topological polar surface area (TPSA) is 47.6 Å². The van der Waals surface area contributed by atoms with Crippen LogP contribution < -0.4 is 14.8 Å². The van der Waals surface area contributed by atoms with E-state index >= 15 is 0 Å². The summed E-state index contributed by atoms with van der Waals surface area (Å²) in [4.78, 5) is 12.1. The van der Waals surface area contributed by atoms with Crippen LogP contribution in [0.15, 0.2) is 48.5 Å². The van der Waals surface area contributed by atoms with Crippen molar-refractivity contribution in [2.75, 3.05) is 20.3 Å². The predicted octanol–water partition coefficient (Wildman–Crippen LogP) is 2.88. The van der Waals surface area contributed by atoms with Crippen LogP contribution in [0.25, 0.3) is 0 Å². The van der Waals surface area contributed by atoms with Gasteiger partial charge in [0.2, 0.25) is 0 Å². The molecule has 1 N–H and O–H groups in total. The molecule has 2 aromatic carbocycles. The SMILES string of the molecule is CCOc1cc(C(=O)NCC#Cc2ccccc2)ccc1OC. The van der Waals surface area contributed by atoms with Gasteiger partial charge in [-0.3, -0.25) is 4.79 Å². The van der Waals surface area contributed by atoms with Crippen molar-refractivity contribution in [2.24, 2.45) is 0 Å². The van der Waals surface area contributed by atoms with E-state index in [1.54, 1.807) is 25.3 Å². The van der Waals surface area contributed by atoms with Crippen molar-refractivity contribution >= 4 is 5.91 Å². The summed E-state index contributed by atoms with van der Waals surface area (Å²) in [6.45, 7) is 2.67. The number of hydrogen-bond donors (Lipinski definition) is 1. The fraction of sp³-hybridized carbons (Fsp3) is 0.211. The maximum absolute atomic E-state index is 12.1. The van der Waals surface area contributed by atoms with E-state index in [0.717, 1.165) is 5.56 Å². The lowest BCUT2D eigenvalue weighted by Gasteiger charge is -2.10. The molecular weight excluding hydrogens is 290 g/mol. The van der Waals surface area contributed by atoms with Gasteiger partial charge in [0, 0.05) is 11.1 Å². The molecule has 0 saturated carbocycles. The zero-order valence-corrected chi connectivity index (χ0v) is 13.3. The summed E-state index contributed by atoms with van der Waals surface area (Å²) in [5.74, 6) is 6.88. The molecule has 0 aromatic heterocycles. The number of benzene rings is 2.